The molecule has 1 aliphatic heterocycles. The summed E-state index contributed by atoms with van der Waals surface area (Å²) in [5, 5.41) is 3.43. The van der Waals surface area contributed by atoms with E-state index in [0.29, 0.717) is 18.6 Å². The number of likely N-dealkylation sites (tertiary alicyclic amines) is 1. The van der Waals surface area contributed by atoms with E-state index in [1.807, 2.05) is 0 Å². The normalized spacial score (nSPS) is 18.2. The summed E-state index contributed by atoms with van der Waals surface area (Å²) in [5.74, 6) is -1.55. The van der Waals surface area contributed by atoms with Crippen molar-refractivity contribution >= 4 is 0 Å². The molecule has 1 aliphatic rings. The molecule has 0 amide bonds. The van der Waals surface area contributed by atoms with Crippen LogP contribution in [0.3, 0.4) is 0 Å². The second kappa shape index (κ2) is 6.44. The number of nitrogens with one attached hydrogen (secondary N) is 1. The smallest absolute Gasteiger partial charge is 0.159 e. The summed E-state index contributed by atoms with van der Waals surface area (Å²) in [6, 6.07) is 5.17. The predicted molar refractivity (Wildman–Crippen MR) is 72.9 cm³/mol. The Labute approximate surface area is 113 Å². The molecule has 0 saturated carbocycles. The fourth-order valence-corrected chi connectivity index (χ4v) is 2.53. The molecule has 1 aromatic rings. The Morgan fingerprint density at radius 3 is 2.47 bits per heavy atom. The van der Waals surface area contributed by atoms with Crippen LogP contribution >= 0.6 is 0 Å². The summed E-state index contributed by atoms with van der Waals surface area (Å²) in [6.45, 7) is 7.24. The Balaban J connectivity index is 1.79. The Bertz CT molecular complexity index is 413. The van der Waals surface area contributed by atoms with E-state index in [0.717, 1.165) is 31.5 Å². The first-order valence-electron chi connectivity index (χ1n) is 6.97. The van der Waals surface area contributed by atoms with Crippen molar-refractivity contribution in [2.45, 2.75) is 45.3 Å². The molecule has 0 bridgehead atoms. The van der Waals surface area contributed by atoms with E-state index in [4.69, 9.17) is 0 Å². The maximum Gasteiger partial charge on any atom is 0.159 e. The first-order valence-corrected chi connectivity index (χ1v) is 6.97. The van der Waals surface area contributed by atoms with E-state index < -0.39 is 11.6 Å². The molecular weight excluding hydrogens is 246 g/mol. The molecule has 2 nitrogen and oxygen atoms in total. The lowest BCUT2D eigenvalue weighted by atomic mass is 10.0. The van der Waals surface area contributed by atoms with Gasteiger partial charge in [-0.15, -0.1) is 0 Å². The largest absolute Gasteiger partial charge is 0.310 e. The van der Waals surface area contributed by atoms with Crippen LogP contribution in [0.25, 0.3) is 0 Å². The average Bonchev–Trinajstić information content (AvgIpc) is 2.40. The van der Waals surface area contributed by atoms with Crippen LogP contribution in [0, 0.1) is 11.6 Å². The summed E-state index contributed by atoms with van der Waals surface area (Å²) >= 11 is 0. The number of rotatable bonds is 4. The summed E-state index contributed by atoms with van der Waals surface area (Å²) in [7, 11) is 0. The molecule has 19 heavy (non-hydrogen) atoms. The van der Waals surface area contributed by atoms with Crippen molar-refractivity contribution < 1.29 is 8.78 Å². The molecule has 0 radical (unpaired) electrons. The summed E-state index contributed by atoms with van der Waals surface area (Å²) < 4.78 is 25.9. The zero-order chi connectivity index (χ0) is 13.8. The first kappa shape index (κ1) is 14.4. The third-order valence-corrected chi connectivity index (χ3v) is 3.84. The van der Waals surface area contributed by atoms with E-state index in [1.165, 1.54) is 12.1 Å². The zero-order valence-corrected chi connectivity index (χ0v) is 11.6. The van der Waals surface area contributed by atoms with Gasteiger partial charge in [-0.05, 0) is 57.5 Å². The average molecular weight is 268 g/mol. The molecular formula is C15H22F2N2. The number of nitrogens with zero attached hydrogens (tertiary/aromatic N) is 1. The Morgan fingerprint density at radius 2 is 1.89 bits per heavy atom. The fraction of sp³-hybridized carbons (Fsp3) is 0.600. The molecule has 1 heterocycles. The molecule has 1 N–H and O–H groups in total. The highest BCUT2D eigenvalue weighted by molar-refractivity contribution is 5.17. The van der Waals surface area contributed by atoms with Crippen molar-refractivity contribution in [3.05, 3.63) is 35.4 Å². The summed E-state index contributed by atoms with van der Waals surface area (Å²) in [6.07, 6.45) is 2.23. The second-order valence-corrected chi connectivity index (χ2v) is 5.53. The molecule has 2 rings (SSSR count). The maximum absolute atomic E-state index is 13.1. The van der Waals surface area contributed by atoms with Crippen molar-refractivity contribution in [1.29, 1.82) is 0 Å². The minimum Gasteiger partial charge on any atom is -0.310 e. The van der Waals surface area contributed by atoms with E-state index in [1.54, 1.807) is 6.07 Å². The van der Waals surface area contributed by atoms with Gasteiger partial charge in [-0.1, -0.05) is 6.07 Å². The quantitative estimate of drug-likeness (QED) is 0.903. The highest BCUT2D eigenvalue weighted by Crippen LogP contribution is 2.14. The van der Waals surface area contributed by atoms with Crippen molar-refractivity contribution in [1.82, 2.24) is 10.2 Å². The molecule has 1 fully saturated rings. The third kappa shape index (κ3) is 3.98. The first-order chi connectivity index (χ1) is 9.06. The fourth-order valence-electron chi connectivity index (χ4n) is 2.53. The highest BCUT2D eigenvalue weighted by atomic mass is 19.2. The highest BCUT2D eigenvalue weighted by Gasteiger charge is 2.20. The number of piperidine rings is 1. The van der Waals surface area contributed by atoms with E-state index in [-0.39, 0.29) is 0 Å². The lowest BCUT2D eigenvalue weighted by Gasteiger charge is -2.35. The van der Waals surface area contributed by atoms with Gasteiger partial charge in [0.25, 0.3) is 0 Å². The monoisotopic (exact) mass is 268 g/mol. The van der Waals surface area contributed by atoms with Gasteiger partial charge in [0.2, 0.25) is 0 Å². The number of halogens is 2. The standard InChI is InChI=1S/C15H22F2N2/c1-11(2)19-7-5-13(6-8-19)18-10-12-3-4-14(16)15(17)9-12/h3-4,9,11,13,18H,5-8,10H2,1-2H3. The SMILES string of the molecule is CC(C)N1CCC(NCc2ccc(F)c(F)c2)CC1. The summed E-state index contributed by atoms with van der Waals surface area (Å²) in [4.78, 5) is 2.47. The van der Waals surface area contributed by atoms with Gasteiger partial charge >= 0.3 is 0 Å². The minimum absolute atomic E-state index is 0.475. The van der Waals surface area contributed by atoms with Gasteiger partial charge in [0.05, 0.1) is 0 Å². The molecule has 106 valence electrons. The summed E-state index contributed by atoms with van der Waals surface area (Å²) in [5.41, 5.74) is 0.796. The topological polar surface area (TPSA) is 15.3 Å². The van der Waals surface area contributed by atoms with Gasteiger partial charge in [0.1, 0.15) is 0 Å². The lowest BCUT2D eigenvalue weighted by Crippen LogP contribution is -2.44. The second-order valence-electron chi connectivity index (χ2n) is 5.53. The van der Waals surface area contributed by atoms with Gasteiger partial charge in [-0.25, -0.2) is 8.78 Å². The van der Waals surface area contributed by atoms with E-state index in [9.17, 15) is 8.78 Å². The molecule has 0 unspecified atom stereocenters. The predicted octanol–water partition coefficient (Wildman–Crippen LogP) is 2.93. The van der Waals surface area contributed by atoms with Crippen molar-refractivity contribution in [3.63, 3.8) is 0 Å². The van der Waals surface area contributed by atoms with Crippen molar-refractivity contribution in [3.8, 4) is 0 Å². The Morgan fingerprint density at radius 1 is 1.21 bits per heavy atom. The molecule has 0 spiro atoms. The van der Waals surface area contributed by atoms with Crippen LogP contribution in [0.5, 0.6) is 0 Å². The van der Waals surface area contributed by atoms with Crippen molar-refractivity contribution in [2.24, 2.45) is 0 Å². The lowest BCUT2D eigenvalue weighted by molar-refractivity contribution is 0.161. The van der Waals surface area contributed by atoms with Crippen LogP contribution in [0.15, 0.2) is 18.2 Å². The molecule has 0 atom stereocenters. The Kier molecular flexibility index (Phi) is 4.88. The van der Waals surface area contributed by atoms with Crippen LogP contribution in [-0.2, 0) is 6.54 Å². The van der Waals surface area contributed by atoms with Crippen LogP contribution in [0.2, 0.25) is 0 Å². The van der Waals surface area contributed by atoms with E-state index in [2.05, 4.69) is 24.1 Å². The van der Waals surface area contributed by atoms with Gasteiger partial charge in [-0.3, -0.25) is 0 Å². The number of benzene rings is 1. The maximum atomic E-state index is 13.1. The zero-order valence-electron chi connectivity index (χ0n) is 11.6. The van der Waals surface area contributed by atoms with Crippen LogP contribution < -0.4 is 5.32 Å². The third-order valence-electron chi connectivity index (χ3n) is 3.84. The van der Waals surface area contributed by atoms with Gasteiger partial charge in [0, 0.05) is 18.6 Å². The molecule has 0 aromatic heterocycles. The van der Waals surface area contributed by atoms with Crippen LogP contribution in [0.4, 0.5) is 8.78 Å². The molecule has 0 aliphatic carbocycles. The molecule has 4 heteroatoms. The number of hydrogen-bond acceptors (Lipinski definition) is 2. The van der Waals surface area contributed by atoms with E-state index >= 15 is 0 Å². The van der Waals surface area contributed by atoms with Gasteiger partial charge < -0.3 is 10.2 Å². The van der Waals surface area contributed by atoms with Crippen LogP contribution in [0.1, 0.15) is 32.3 Å². The molecule has 1 aromatic carbocycles. The van der Waals surface area contributed by atoms with Crippen molar-refractivity contribution in [2.75, 3.05) is 13.1 Å². The molecule has 1 saturated heterocycles. The van der Waals surface area contributed by atoms with Gasteiger partial charge in [-0.2, -0.15) is 0 Å². The van der Waals surface area contributed by atoms with Crippen LogP contribution in [-0.4, -0.2) is 30.1 Å². The minimum atomic E-state index is -0.783. The van der Waals surface area contributed by atoms with Gasteiger partial charge in [0.15, 0.2) is 11.6 Å². The number of hydrogen-bond donors (Lipinski definition) is 1. The Hall–Kier alpha value is -1.00.